The van der Waals surface area contributed by atoms with Gasteiger partial charge in [0.25, 0.3) is 11.8 Å². The largest absolute Gasteiger partial charge is 0.318 e. The number of hydrogen-bond donors (Lipinski definition) is 1. The van der Waals surface area contributed by atoms with Gasteiger partial charge in [-0.05, 0) is 80.2 Å². The molecule has 0 bridgehead atoms. The maximum absolute atomic E-state index is 13.3. The quantitative estimate of drug-likeness (QED) is 0.275. The number of benzene rings is 2. The molecule has 1 N–H and O–H groups in total. The molecular weight excluding hydrogens is 489 g/mol. The second-order valence-electron chi connectivity index (χ2n) is 7.20. The van der Waals surface area contributed by atoms with Crippen LogP contribution in [-0.4, -0.2) is 21.5 Å². The molecule has 0 unspecified atom stereocenters. The molecule has 1 fully saturated rings. The van der Waals surface area contributed by atoms with Crippen LogP contribution in [0.3, 0.4) is 0 Å². The van der Waals surface area contributed by atoms with Gasteiger partial charge in [-0.3, -0.25) is 19.8 Å². The normalized spacial score (nSPS) is 15.5. The minimum Gasteiger partial charge on any atom is -0.318 e. The Morgan fingerprint density at radius 2 is 1.69 bits per heavy atom. The van der Waals surface area contributed by atoms with Gasteiger partial charge in [0, 0.05) is 22.1 Å². The van der Waals surface area contributed by atoms with Gasteiger partial charge in [0.2, 0.25) is 0 Å². The Morgan fingerprint density at radius 3 is 2.38 bits per heavy atom. The number of aromatic nitrogens is 1. The third kappa shape index (κ3) is 4.07. The molecule has 5 nitrogen and oxygen atoms in total. The number of amides is 2. The van der Waals surface area contributed by atoms with Crippen molar-refractivity contribution in [1.82, 2.24) is 9.88 Å². The highest BCUT2D eigenvalue weighted by molar-refractivity contribution is 7.80. The maximum atomic E-state index is 13.3. The minimum atomic E-state index is -0.566. The summed E-state index contributed by atoms with van der Waals surface area (Å²) in [4.78, 5) is 27.1. The summed E-state index contributed by atoms with van der Waals surface area (Å²) in [6.07, 6.45) is 1.56. The first-order chi connectivity index (χ1) is 15.2. The number of nitrogens with zero attached hydrogens (tertiary/aromatic N) is 2. The molecule has 1 aliphatic rings. The van der Waals surface area contributed by atoms with Gasteiger partial charge < -0.3 is 4.57 Å². The van der Waals surface area contributed by atoms with Crippen LogP contribution in [0.2, 0.25) is 15.1 Å². The number of aryl methyl sites for hydroxylation is 1. The van der Waals surface area contributed by atoms with E-state index in [1.807, 2.05) is 42.7 Å². The van der Waals surface area contributed by atoms with Crippen LogP contribution >= 0.6 is 47.0 Å². The summed E-state index contributed by atoms with van der Waals surface area (Å²) in [5.41, 5.74) is 3.75. The molecule has 0 radical (unpaired) electrons. The molecule has 0 spiro atoms. The Morgan fingerprint density at radius 1 is 0.938 bits per heavy atom. The summed E-state index contributed by atoms with van der Waals surface area (Å²) < 4.78 is 2.00. The molecule has 0 atom stereocenters. The molecule has 2 aromatic carbocycles. The maximum Gasteiger partial charge on any atom is 0.270 e. The van der Waals surface area contributed by atoms with Crippen molar-refractivity contribution in [1.29, 1.82) is 0 Å². The molecule has 0 aliphatic carbocycles. The zero-order valence-corrected chi connectivity index (χ0v) is 20.0. The lowest BCUT2D eigenvalue weighted by Gasteiger charge is -2.29. The summed E-state index contributed by atoms with van der Waals surface area (Å²) in [6, 6.07) is 14.0. The lowest BCUT2D eigenvalue weighted by atomic mass is 10.1. The number of carbonyl (C=O) groups is 2. The van der Waals surface area contributed by atoms with E-state index in [-0.39, 0.29) is 15.7 Å². The average molecular weight is 505 g/mol. The van der Waals surface area contributed by atoms with E-state index < -0.39 is 11.8 Å². The van der Waals surface area contributed by atoms with Crippen LogP contribution in [0.4, 0.5) is 5.69 Å². The van der Waals surface area contributed by atoms with Crippen molar-refractivity contribution in [2.24, 2.45) is 0 Å². The molecule has 1 saturated heterocycles. The fourth-order valence-corrected chi connectivity index (χ4v) is 4.38. The van der Waals surface area contributed by atoms with E-state index in [0.29, 0.717) is 15.7 Å². The Kier molecular flexibility index (Phi) is 6.14. The topological polar surface area (TPSA) is 54.3 Å². The number of halogens is 3. The third-order valence-electron chi connectivity index (χ3n) is 5.10. The van der Waals surface area contributed by atoms with E-state index in [2.05, 4.69) is 5.32 Å². The lowest BCUT2D eigenvalue weighted by molar-refractivity contribution is -0.122. The van der Waals surface area contributed by atoms with Crippen molar-refractivity contribution in [3.05, 3.63) is 86.1 Å². The van der Waals surface area contributed by atoms with Crippen molar-refractivity contribution in [2.45, 2.75) is 13.8 Å². The van der Waals surface area contributed by atoms with E-state index in [4.69, 9.17) is 47.0 Å². The van der Waals surface area contributed by atoms with Crippen molar-refractivity contribution >= 4 is 75.7 Å². The summed E-state index contributed by atoms with van der Waals surface area (Å²) in [7, 11) is 0. The third-order valence-corrected chi connectivity index (χ3v) is 6.36. The Hall–Kier alpha value is -2.64. The number of rotatable bonds is 3. The van der Waals surface area contributed by atoms with Crippen molar-refractivity contribution in [3.63, 3.8) is 0 Å². The molecule has 162 valence electrons. The van der Waals surface area contributed by atoms with Crippen LogP contribution in [-0.2, 0) is 9.59 Å². The Balaban J connectivity index is 1.77. The number of hydrogen-bond acceptors (Lipinski definition) is 3. The molecule has 2 amide bonds. The van der Waals surface area contributed by atoms with E-state index in [9.17, 15) is 9.59 Å². The molecule has 3 aromatic rings. The number of anilines is 1. The first-order valence-electron chi connectivity index (χ1n) is 9.49. The van der Waals surface area contributed by atoms with Gasteiger partial charge in [0.1, 0.15) is 5.57 Å². The predicted molar refractivity (Wildman–Crippen MR) is 133 cm³/mol. The molecular formula is C23H16Cl3N3O2S. The van der Waals surface area contributed by atoms with Gasteiger partial charge in [0.15, 0.2) is 5.11 Å². The van der Waals surface area contributed by atoms with Crippen LogP contribution in [0.15, 0.2) is 54.1 Å². The van der Waals surface area contributed by atoms with E-state index >= 15 is 0 Å². The lowest BCUT2D eigenvalue weighted by Crippen LogP contribution is -2.54. The first kappa shape index (κ1) is 22.6. The summed E-state index contributed by atoms with van der Waals surface area (Å²) in [5, 5.41) is 3.77. The van der Waals surface area contributed by atoms with Gasteiger partial charge in [-0.1, -0.05) is 40.9 Å². The molecule has 9 heteroatoms. The minimum absolute atomic E-state index is 0.0278. The van der Waals surface area contributed by atoms with Gasteiger partial charge >= 0.3 is 0 Å². The monoisotopic (exact) mass is 503 g/mol. The molecule has 0 saturated carbocycles. The summed E-state index contributed by atoms with van der Waals surface area (Å²) in [5.74, 6) is -1.12. The van der Waals surface area contributed by atoms with Crippen LogP contribution in [0.5, 0.6) is 0 Å². The Bertz CT molecular complexity index is 1330. The predicted octanol–water partition coefficient (Wildman–Crippen LogP) is 5.89. The molecule has 2 heterocycles. The van der Waals surface area contributed by atoms with Crippen LogP contribution in [0, 0.1) is 13.8 Å². The SMILES string of the molecule is Cc1cc(/C=C2\C(=O)NC(=S)N(c3ccc(Cl)c(Cl)c3)C2=O)c(C)n1-c1cccc(Cl)c1. The van der Waals surface area contributed by atoms with Crippen molar-refractivity contribution in [2.75, 3.05) is 4.90 Å². The average Bonchev–Trinajstić information content (AvgIpc) is 3.00. The fraction of sp³-hybridized carbons (Fsp3) is 0.0870. The van der Waals surface area contributed by atoms with Gasteiger partial charge in [-0.2, -0.15) is 0 Å². The molecule has 4 rings (SSSR count). The van der Waals surface area contributed by atoms with Gasteiger partial charge in [-0.25, -0.2) is 0 Å². The zero-order chi connectivity index (χ0) is 23.2. The smallest absolute Gasteiger partial charge is 0.270 e. The highest BCUT2D eigenvalue weighted by Crippen LogP contribution is 2.30. The number of thiocarbonyl (C=S) groups is 1. The molecule has 1 aliphatic heterocycles. The van der Waals surface area contributed by atoms with Crippen molar-refractivity contribution < 1.29 is 9.59 Å². The highest BCUT2D eigenvalue weighted by Gasteiger charge is 2.35. The molecule has 1 aromatic heterocycles. The fourth-order valence-electron chi connectivity index (χ4n) is 3.62. The van der Waals surface area contributed by atoms with Crippen molar-refractivity contribution in [3.8, 4) is 5.69 Å². The Labute approximate surface area is 205 Å². The molecule has 32 heavy (non-hydrogen) atoms. The van der Waals surface area contributed by atoms with E-state index in [1.165, 1.54) is 11.0 Å². The van der Waals surface area contributed by atoms with E-state index in [0.717, 1.165) is 22.6 Å². The second kappa shape index (κ2) is 8.71. The zero-order valence-electron chi connectivity index (χ0n) is 16.9. The second-order valence-corrected chi connectivity index (χ2v) is 8.84. The summed E-state index contributed by atoms with van der Waals surface area (Å²) >= 11 is 23.5. The van der Waals surface area contributed by atoms with E-state index in [1.54, 1.807) is 24.3 Å². The first-order valence-corrected chi connectivity index (χ1v) is 11.0. The van der Waals surface area contributed by atoms with Gasteiger partial charge in [-0.15, -0.1) is 0 Å². The van der Waals surface area contributed by atoms with Crippen LogP contribution in [0.1, 0.15) is 17.0 Å². The van der Waals surface area contributed by atoms with Gasteiger partial charge in [0.05, 0.1) is 15.7 Å². The van der Waals surface area contributed by atoms with Crippen LogP contribution in [0.25, 0.3) is 11.8 Å². The summed E-state index contributed by atoms with van der Waals surface area (Å²) in [6.45, 7) is 3.85. The number of nitrogens with one attached hydrogen (secondary N) is 1. The highest BCUT2D eigenvalue weighted by atomic mass is 35.5. The number of carbonyl (C=O) groups excluding carboxylic acids is 2. The standard InChI is InChI=1S/C23H16Cl3N3O2S/c1-12-8-14(13(2)28(12)16-5-3-4-15(24)10-16)9-18-21(30)27-23(32)29(22(18)31)17-6-7-19(25)20(26)11-17/h3-11H,1-2H3,(H,27,30,32)/b18-9+. The van der Waals surface area contributed by atoms with Crippen LogP contribution < -0.4 is 10.2 Å².